The van der Waals surface area contributed by atoms with Crippen LogP contribution in [0.4, 0.5) is 5.95 Å². The molecule has 19 heavy (non-hydrogen) atoms. The summed E-state index contributed by atoms with van der Waals surface area (Å²) in [6.07, 6.45) is 1.78. The molecule has 1 aliphatic rings. The normalized spacial score (nSPS) is 23.6. The van der Waals surface area contributed by atoms with Crippen LogP contribution >= 0.6 is 0 Å². The Morgan fingerprint density at radius 3 is 2.84 bits per heavy atom. The van der Waals surface area contributed by atoms with Crippen LogP contribution in [0.5, 0.6) is 5.75 Å². The van der Waals surface area contributed by atoms with E-state index in [4.69, 9.17) is 10.5 Å². The van der Waals surface area contributed by atoms with E-state index >= 15 is 0 Å². The van der Waals surface area contributed by atoms with Gasteiger partial charge in [-0.1, -0.05) is 6.07 Å². The summed E-state index contributed by atoms with van der Waals surface area (Å²) in [6, 6.07) is 6.12. The maximum Gasteiger partial charge on any atom is 0.201 e. The number of hydrogen-bond acceptors (Lipinski definition) is 4. The zero-order chi connectivity index (χ0) is 13.4. The zero-order valence-electron chi connectivity index (χ0n) is 10.8. The Balaban J connectivity index is 2.08. The molecule has 0 amide bonds. The highest BCUT2D eigenvalue weighted by Crippen LogP contribution is 2.33. The van der Waals surface area contributed by atoms with Gasteiger partial charge in [-0.25, -0.2) is 4.98 Å². The lowest BCUT2D eigenvalue weighted by molar-refractivity contribution is 0.419. The molecule has 0 atom stereocenters. The summed E-state index contributed by atoms with van der Waals surface area (Å²) in [7, 11) is 0.965. The first-order valence-electron chi connectivity index (χ1n) is 6.36. The van der Waals surface area contributed by atoms with E-state index in [1.54, 1.807) is 7.11 Å². The molecule has 1 fully saturated rings. The predicted octanol–water partition coefficient (Wildman–Crippen LogP) is 1.71. The molecule has 1 aromatic heterocycles. The second-order valence-corrected chi connectivity index (χ2v) is 6.44. The van der Waals surface area contributed by atoms with Gasteiger partial charge in [-0.15, -0.1) is 0 Å². The van der Waals surface area contributed by atoms with Gasteiger partial charge in [0, 0.05) is 28.3 Å². The van der Waals surface area contributed by atoms with Gasteiger partial charge in [0.25, 0.3) is 0 Å². The topological polar surface area (TPSA) is 70.1 Å². The van der Waals surface area contributed by atoms with Crippen molar-refractivity contribution in [3.63, 3.8) is 0 Å². The number of nitrogens with two attached hydrogens (primary N) is 1. The van der Waals surface area contributed by atoms with Crippen molar-refractivity contribution in [1.82, 2.24) is 9.55 Å². The number of methoxy groups -OCH3 is 1. The molecule has 2 N–H and O–H groups in total. The number of nitrogens with zero attached hydrogens (tertiary/aromatic N) is 2. The van der Waals surface area contributed by atoms with E-state index < -0.39 is 10.8 Å². The van der Waals surface area contributed by atoms with Crippen LogP contribution in [0.3, 0.4) is 0 Å². The summed E-state index contributed by atoms with van der Waals surface area (Å²) in [4.78, 5) is 4.42. The van der Waals surface area contributed by atoms with E-state index in [0.29, 0.717) is 5.95 Å². The van der Waals surface area contributed by atoms with E-state index in [-0.39, 0.29) is 6.04 Å². The maximum atomic E-state index is 11.5. The van der Waals surface area contributed by atoms with Gasteiger partial charge in [-0.2, -0.15) is 0 Å². The molecule has 102 valence electrons. The average molecular weight is 279 g/mol. The number of benzene rings is 1. The minimum absolute atomic E-state index is 0.287. The molecule has 6 heteroatoms. The highest BCUT2D eigenvalue weighted by molar-refractivity contribution is 7.85. The van der Waals surface area contributed by atoms with Crippen molar-refractivity contribution < 1.29 is 8.95 Å². The van der Waals surface area contributed by atoms with E-state index in [1.165, 1.54) is 0 Å². The number of rotatable bonds is 2. The Morgan fingerprint density at radius 2 is 2.16 bits per heavy atom. The highest BCUT2D eigenvalue weighted by Gasteiger charge is 2.23. The molecule has 2 aromatic rings. The van der Waals surface area contributed by atoms with Crippen molar-refractivity contribution in [2.45, 2.75) is 18.9 Å². The second kappa shape index (κ2) is 4.85. The summed E-state index contributed by atoms with van der Waals surface area (Å²) in [5.74, 6) is 2.74. The molecule has 3 rings (SSSR count). The van der Waals surface area contributed by atoms with Crippen LogP contribution in [-0.4, -0.2) is 32.4 Å². The van der Waals surface area contributed by atoms with Crippen LogP contribution < -0.4 is 10.5 Å². The Hall–Kier alpha value is -1.56. The first-order chi connectivity index (χ1) is 9.20. The van der Waals surface area contributed by atoms with Crippen molar-refractivity contribution in [2.24, 2.45) is 0 Å². The minimum atomic E-state index is -0.668. The molecule has 0 bridgehead atoms. The summed E-state index contributed by atoms with van der Waals surface area (Å²) < 4.78 is 18.8. The monoisotopic (exact) mass is 279 g/mol. The molecule has 0 radical (unpaired) electrons. The van der Waals surface area contributed by atoms with Crippen molar-refractivity contribution in [2.75, 3.05) is 24.3 Å². The molecular weight excluding hydrogens is 262 g/mol. The van der Waals surface area contributed by atoms with Crippen molar-refractivity contribution in [1.29, 1.82) is 0 Å². The SMILES string of the molecule is COc1cccc2c1nc(N)n2C1CCS(=O)CC1. The Kier molecular flexibility index (Phi) is 3.18. The third-order valence-corrected chi connectivity index (χ3v) is 5.04. The third kappa shape index (κ3) is 2.10. The lowest BCUT2D eigenvalue weighted by Crippen LogP contribution is -2.22. The average Bonchev–Trinajstić information content (AvgIpc) is 2.76. The van der Waals surface area contributed by atoms with Gasteiger partial charge < -0.3 is 15.0 Å². The van der Waals surface area contributed by atoms with Crippen LogP contribution in [0.1, 0.15) is 18.9 Å². The van der Waals surface area contributed by atoms with E-state index in [1.807, 2.05) is 18.2 Å². The zero-order valence-corrected chi connectivity index (χ0v) is 11.7. The fourth-order valence-electron chi connectivity index (χ4n) is 2.70. The van der Waals surface area contributed by atoms with Crippen LogP contribution in [0.15, 0.2) is 18.2 Å². The number of para-hydroxylation sites is 1. The summed E-state index contributed by atoms with van der Waals surface area (Å²) in [6.45, 7) is 0. The number of ether oxygens (including phenoxy) is 1. The van der Waals surface area contributed by atoms with Crippen molar-refractivity contribution in [3.05, 3.63) is 18.2 Å². The third-order valence-electron chi connectivity index (χ3n) is 3.65. The van der Waals surface area contributed by atoms with Crippen LogP contribution in [0.25, 0.3) is 11.0 Å². The van der Waals surface area contributed by atoms with Gasteiger partial charge in [0.15, 0.2) is 0 Å². The van der Waals surface area contributed by atoms with Gasteiger partial charge in [0.2, 0.25) is 5.95 Å². The standard InChI is InChI=1S/C13H17N3O2S/c1-18-11-4-2-3-10-12(11)15-13(14)16(10)9-5-7-19(17)8-6-9/h2-4,9H,5-8H2,1H3,(H2,14,15). The molecule has 0 aliphatic carbocycles. The van der Waals surface area contributed by atoms with Gasteiger partial charge in [-0.3, -0.25) is 4.21 Å². The van der Waals surface area contributed by atoms with Gasteiger partial charge in [0.1, 0.15) is 11.3 Å². The molecule has 1 aromatic carbocycles. The molecule has 0 saturated carbocycles. The number of aromatic nitrogens is 2. The highest BCUT2D eigenvalue weighted by atomic mass is 32.2. The predicted molar refractivity (Wildman–Crippen MR) is 76.8 cm³/mol. The fraction of sp³-hybridized carbons (Fsp3) is 0.462. The summed E-state index contributed by atoms with van der Waals surface area (Å²) in [5, 5.41) is 0. The number of anilines is 1. The first-order valence-corrected chi connectivity index (χ1v) is 7.85. The van der Waals surface area contributed by atoms with Crippen molar-refractivity contribution in [3.8, 4) is 5.75 Å². The quantitative estimate of drug-likeness (QED) is 0.908. The Bertz CT molecular complexity index is 628. The minimum Gasteiger partial charge on any atom is -0.494 e. The molecule has 1 saturated heterocycles. The van der Waals surface area contributed by atoms with Crippen LogP contribution in [0, 0.1) is 0 Å². The van der Waals surface area contributed by atoms with E-state index in [9.17, 15) is 4.21 Å². The Morgan fingerprint density at radius 1 is 1.42 bits per heavy atom. The molecule has 1 aliphatic heterocycles. The summed E-state index contributed by atoms with van der Waals surface area (Å²) >= 11 is 0. The molecule has 0 spiro atoms. The van der Waals surface area contributed by atoms with Crippen LogP contribution in [0.2, 0.25) is 0 Å². The smallest absolute Gasteiger partial charge is 0.201 e. The summed E-state index contributed by atoms with van der Waals surface area (Å²) in [5.41, 5.74) is 7.86. The molecule has 5 nitrogen and oxygen atoms in total. The molecular formula is C13H17N3O2S. The number of fused-ring (bicyclic) bond motifs is 1. The molecule has 2 heterocycles. The molecule has 0 unspecified atom stereocenters. The maximum absolute atomic E-state index is 11.5. The van der Waals surface area contributed by atoms with Gasteiger partial charge in [0.05, 0.1) is 12.6 Å². The lowest BCUT2D eigenvalue weighted by atomic mass is 10.1. The van der Waals surface area contributed by atoms with E-state index in [0.717, 1.165) is 41.1 Å². The van der Waals surface area contributed by atoms with Gasteiger partial charge >= 0.3 is 0 Å². The lowest BCUT2D eigenvalue weighted by Gasteiger charge is -2.24. The fourth-order valence-corrected chi connectivity index (χ4v) is 3.97. The van der Waals surface area contributed by atoms with Crippen molar-refractivity contribution >= 4 is 27.8 Å². The Labute approximate surface area is 114 Å². The second-order valence-electron chi connectivity index (χ2n) is 4.75. The first kappa shape index (κ1) is 12.5. The number of imidazole rings is 1. The van der Waals surface area contributed by atoms with Gasteiger partial charge in [-0.05, 0) is 25.0 Å². The van der Waals surface area contributed by atoms with E-state index in [2.05, 4.69) is 9.55 Å². The number of hydrogen-bond donors (Lipinski definition) is 1. The largest absolute Gasteiger partial charge is 0.494 e. The number of nitrogen functional groups attached to an aromatic ring is 1. The van der Waals surface area contributed by atoms with Crippen LogP contribution in [-0.2, 0) is 10.8 Å².